The number of ether oxygens (including phenoxy) is 2. The van der Waals surface area contributed by atoms with Crippen molar-refractivity contribution < 1.29 is 14.3 Å². The molecule has 186 valence electrons. The van der Waals surface area contributed by atoms with E-state index in [0.29, 0.717) is 34.8 Å². The van der Waals surface area contributed by atoms with E-state index in [1.54, 1.807) is 20.3 Å². The summed E-state index contributed by atoms with van der Waals surface area (Å²) >= 11 is 0. The lowest BCUT2D eigenvalue weighted by Crippen LogP contribution is -2.30. The molecule has 0 saturated heterocycles. The summed E-state index contributed by atoms with van der Waals surface area (Å²) in [5, 5.41) is 6.97. The lowest BCUT2D eigenvalue weighted by molar-refractivity contribution is -0.116. The topological polar surface area (TPSA) is 81.6 Å². The van der Waals surface area contributed by atoms with E-state index in [-0.39, 0.29) is 18.0 Å². The van der Waals surface area contributed by atoms with E-state index >= 15 is 0 Å². The van der Waals surface area contributed by atoms with E-state index in [9.17, 15) is 9.59 Å². The fraction of sp³-hybridized carbons (Fsp3) is 0.241. The third kappa shape index (κ3) is 5.51. The van der Waals surface area contributed by atoms with Crippen molar-refractivity contribution in [2.24, 2.45) is 0 Å². The number of carbonyl (C=O) groups is 1. The molecular formula is C29H31N3O4. The molecule has 0 aliphatic rings. The van der Waals surface area contributed by atoms with Crippen molar-refractivity contribution in [2.45, 2.75) is 33.4 Å². The average Bonchev–Trinajstić information content (AvgIpc) is 2.90. The van der Waals surface area contributed by atoms with Crippen molar-refractivity contribution in [3.63, 3.8) is 0 Å². The second kappa shape index (κ2) is 11.0. The number of nitrogens with one attached hydrogen (secondary N) is 2. The van der Waals surface area contributed by atoms with Gasteiger partial charge >= 0.3 is 0 Å². The van der Waals surface area contributed by atoms with Gasteiger partial charge in [-0.3, -0.25) is 14.2 Å². The number of carbonyl (C=O) groups excluding carboxylic acids is 1. The number of methoxy groups -OCH3 is 2. The first kappa shape index (κ1) is 24.9. The number of pyridine rings is 1. The van der Waals surface area contributed by atoms with Crippen LogP contribution in [0, 0.1) is 6.92 Å². The molecule has 4 aromatic rings. The van der Waals surface area contributed by atoms with Gasteiger partial charge in [-0.1, -0.05) is 36.8 Å². The van der Waals surface area contributed by atoms with Gasteiger partial charge in [0, 0.05) is 34.9 Å². The molecule has 2 N–H and O–H groups in total. The summed E-state index contributed by atoms with van der Waals surface area (Å²) < 4.78 is 12.4. The minimum absolute atomic E-state index is 0.140. The van der Waals surface area contributed by atoms with Gasteiger partial charge in [0.1, 0.15) is 6.54 Å². The van der Waals surface area contributed by atoms with E-state index in [2.05, 4.69) is 17.6 Å². The summed E-state index contributed by atoms with van der Waals surface area (Å²) in [7, 11) is 3.11. The maximum absolute atomic E-state index is 13.6. The highest BCUT2D eigenvalue weighted by molar-refractivity contribution is 5.92. The van der Waals surface area contributed by atoms with Crippen molar-refractivity contribution in [1.82, 2.24) is 4.57 Å². The predicted molar refractivity (Wildman–Crippen MR) is 144 cm³/mol. The van der Waals surface area contributed by atoms with Crippen LogP contribution in [0.5, 0.6) is 11.5 Å². The van der Waals surface area contributed by atoms with Gasteiger partial charge in [0.15, 0.2) is 11.5 Å². The van der Waals surface area contributed by atoms with E-state index in [0.717, 1.165) is 23.1 Å². The number of benzene rings is 3. The Hall–Kier alpha value is -4.26. The zero-order valence-electron chi connectivity index (χ0n) is 21.1. The summed E-state index contributed by atoms with van der Waals surface area (Å²) in [6, 6.07) is 21.0. The maximum Gasteiger partial charge on any atom is 0.256 e. The number of fused-ring (bicyclic) bond motifs is 1. The van der Waals surface area contributed by atoms with Gasteiger partial charge < -0.3 is 20.1 Å². The highest BCUT2D eigenvalue weighted by atomic mass is 16.5. The van der Waals surface area contributed by atoms with Gasteiger partial charge in [-0.25, -0.2) is 0 Å². The molecule has 0 bridgehead atoms. The molecule has 0 fully saturated rings. The van der Waals surface area contributed by atoms with Crippen LogP contribution in [0.3, 0.4) is 0 Å². The van der Waals surface area contributed by atoms with Crippen molar-refractivity contribution in [3.05, 3.63) is 93.8 Å². The van der Waals surface area contributed by atoms with Gasteiger partial charge in [0.05, 0.1) is 19.7 Å². The summed E-state index contributed by atoms with van der Waals surface area (Å²) in [6.07, 6.45) is 0.921. The quantitative estimate of drug-likeness (QED) is 0.343. The lowest BCUT2D eigenvalue weighted by Gasteiger charge is -2.16. The van der Waals surface area contributed by atoms with Crippen molar-refractivity contribution in [1.29, 1.82) is 0 Å². The molecule has 0 radical (unpaired) electrons. The third-order valence-electron chi connectivity index (χ3n) is 6.16. The first-order chi connectivity index (χ1) is 17.4. The minimum atomic E-state index is -0.291. The van der Waals surface area contributed by atoms with E-state index in [4.69, 9.17) is 9.47 Å². The van der Waals surface area contributed by atoms with E-state index in [1.807, 2.05) is 67.6 Å². The Labute approximate surface area is 210 Å². The van der Waals surface area contributed by atoms with Crippen LogP contribution in [0.4, 0.5) is 11.4 Å². The van der Waals surface area contributed by atoms with Crippen LogP contribution in [-0.4, -0.2) is 24.7 Å². The molecule has 36 heavy (non-hydrogen) atoms. The Balaban J connectivity index is 1.70. The fourth-order valence-electron chi connectivity index (χ4n) is 4.09. The van der Waals surface area contributed by atoms with Gasteiger partial charge in [-0.15, -0.1) is 0 Å². The van der Waals surface area contributed by atoms with Crippen molar-refractivity contribution in [3.8, 4) is 11.5 Å². The molecule has 7 nitrogen and oxygen atoms in total. The Morgan fingerprint density at radius 1 is 0.889 bits per heavy atom. The monoisotopic (exact) mass is 485 g/mol. The van der Waals surface area contributed by atoms with E-state index in [1.165, 1.54) is 10.1 Å². The third-order valence-corrected chi connectivity index (χ3v) is 6.16. The first-order valence-electron chi connectivity index (χ1n) is 11.9. The van der Waals surface area contributed by atoms with Crippen molar-refractivity contribution in [2.75, 3.05) is 24.9 Å². The van der Waals surface area contributed by atoms with Gasteiger partial charge in [-0.2, -0.15) is 0 Å². The summed E-state index contributed by atoms with van der Waals surface area (Å²) in [5.74, 6) is 0.744. The summed E-state index contributed by atoms with van der Waals surface area (Å²) in [5.41, 5.74) is 4.82. The fourth-order valence-corrected chi connectivity index (χ4v) is 4.09. The highest BCUT2D eigenvalue weighted by Gasteiger charge is 2.16. The normalized spacial score (nSPS) is 10.8. The van der Waals surface area contributed by atoms with Crippen LogP contribution in [0.2, 0.25) is 0 Å². The number of hydrogen-bond donors (Lipinski definition) is 2. The standard InChI is InChI=1S/C29H31N3O4/c1-5-20-8-12-24(13-9-20)31-28(33)18-32-25-16-27(36-4)26(35-3)15-21(25)14-22(29(32)34)17-30-23-10-6-19(2)7-11-23/h6-16,30H,5,17-18H2,1-4H3,(H,31,33). The number of rotatable bonds is 9. The van der Waals surface area contributed by atoms with Crippen LogP contribution < -0.4 is 25.7 Å². The molecular weight excluding hydrogens is 454 g/mol. The SMILES string of the molecule is CCc1ccc(NC(=O)Cn2c(=O)c(CNc3ccc(C)cc3)cc3cc(OC)c(OC)cc32)cc1. The minimum Gasteiger partial charge on any atom is -0.493 e. The van der Waals surface area contributed by atoms with Crippen LogP contribution in [0.25, 0.3) is 10.9 Å². The zero-order valence-corrected chi connectivity index (χ0v) is 21.1. The molecule has 7 heteroatoms. The molecule has 0 aliphatic heterocycles. The Bertz CT molecular complexity index is 1420. The number of nitrogens with zero attached hydrogens (tertiary/aromatic N) is 1. The predicted octanol–water partition coefficient (Wildman–Crippen LogP) is 5.14. The average molecular weight is 486 g/mol. The molecule has 1 heterocycles. The Morgan fingerprint density at radius 3 is 2.17 bits per heavy atom. The van der Waals surface area contributed by atoms with Crippen molar-refractivity contribution >= 4 is 28.2 Å². The van der Waals surface area contributed by atoms with Crippen LogP contribution in [0.15, 0.2) is 71.5 Å². The Kier molecular flexibility index (Phi) is 7.59. The molecule has 3 aromatic carbocycles. The molecule has 1 amide bonds. The van der Waals surface area contributed by atoms with Crippen LogP contribution >= 0.6 is 0 Å². The summed E-state index contributed by atoms with van der Waals surface area (Å²) in [6.45, 7) is 4.27. The Morgan fingerprint density at radius 2 is 1.53 bits per heavy atom. The van der Waals surface area contributed by atoms with Gasteiger partial charge in [0.2, 0.25) is 5.91 Å². The molecule has 1 aromatic heterocycles. The molecule has 4 rings (SSSR count). The highest BCUT2D eigenvalue weighted by Crippen LogP contribution is 2.32. The molecule has 0 saturated carbocycles. The molecule has 0 spiro atoms. The molecule has 0 atom stereocenters. The number of amides is 1. The lowest BCUT2D eigenvalue weighted by atomic mass is 10.1. The van der Waals surface area contributed by atoms with Crippen LogP contribution in [0.1, 0.15) is 23.6 Å². The summed E-state index contributed by atoms with van der Waals surface area (Å²) in [4.78, 5) is 26.5. The maximum atomic E-state index is 13.6. The van der Waals surface area contributed by atoms with E-state index < -0.39 is 0 Å². The second-order valence-electron chi connectivity index (χ2n) is 8.65. The number of anilines is 2. The number of aryl methyl sites for hydroxylation is 2. The first-order valence-corrected chi connectivity index (χ1v) is 11.9. The largest absolute Gasteiger partial charge is 0.493 e. The zero-order chi connectivity index (χ0) is 25.7. The molecule has 0 unspecified atom stereocenters. The number of aromatic nitrogens is 1. The smallest absolute Gasteiger partial charge is 0.256 e. The number of hydrogen-bond acceptors (Lipinski definition) is 5. The molecule has 0 aliphatic carbocycles. The van der Waals surface area contributed by atoms with Gasteiger partial charge in [-0.05, 0) is 55.3 Å². The second-order valence-corrected chi connectivity index (χ2v) is 8.65. The van der Waals surface area contributed by atoms with Crippen LogP contribution in [-0.2, 0) is 24.3 Å². The van der Waals surface area contributed by atoms with Gasteiger partial charge in [0.25, 0.3) is 5.56 Å².